The fourth-order valence-corrected chi connectivity index (χ4v) is 3.47. The molecule has 2 unspecified atom stereocenters. The Bertz CT molecular complexity index is 561. The zero-order valence-electron chi connectivity index (χ0n) is 11.4. The Hall–Kier alpha value is -0.990. The van der Waals surface area contributed by atoms with Gasteiger partial charge in [0.05, 0.1) is 5.02 Å². The van der Waals surface area contributed by atoms with E-state index in [9.17, 15) is 0 Å². The number of fused-ring (bicyclic) bond motifs is 1. The molecule has 2 N–H and O–H groups in total. The molecule has 2 atom stereocenters. The Kier molecular flexibility index (Phi) is 3.81. The Balaban J connectivity index is 1.63. The minimum Gasteiger partial charge on any atom is -0.356 e. The van der Waals surface area contributed by atoms with Crippen LogP contribution >= 0.6 is 11.6 Å². The number of H-pyrrole nitrogens is 1. The molecule has 1 fully saturated rings. The summed E-state index contributed by atoms with van der Waals surface area (Å²) in [5.41, 5.74) is 2.23. The van der Waals surface area contributed by atoms with E-state index in [0.717, 1.165) is 46.5 Å². The number of benzene rings is 1. The first-order valence-electron chi connectivity index (χ1n) is 7.21. The standard InChI is InChI=1S/C16H21ClN2/c1-11-5-4-6-12(11)9-18-10-15-16(17)13-7-2-3-8-14(13)19-15/h2-3,7-8,11-12,18-19H,4-6,9-10H2,1H3. The molecule has 0 amide bonds. The normalized spacial score (nSPS) is 23.3. The molecule has 2 aromatic rings. The summed E-state index contributed by atoms with van der Waals surface area (Å²) in [6, 6.07) is 8.20. The average molecular weight is 277 g/mol. The van der Waals surface area contributed by atoms with Crippen LogP contribution in [0.15, 0.2) is 24.3 Å². The number of nitrogens with one attached hydrogen (secondary N) is 2. The van der Waals surface area contributed by atoms with Crippen LogP contribution in [0.5, 0.6) is 0 Å². The summed E-state index contributed by atoms with van der Waals surface area (Å²) in [7, 11) is 0. The summed E-state index contributed by atoms with van der Waals surface area (Å²) < 4.78 is 0. The summed E-state index contributed by atoms with van der Waals surface area (Å²) in [5, 5.41) is 5.54. The van der Waals surface area contributed by atoms with E-state index in [4.69, 9.17) is 11.6 Å². The van der Waals surface area contributed by atoms with Gasteiger partial charge in [0.15, 0.2) is 0 Å². The van der Waals surface area contributed by atoms with Gasteiger partial charge in [-0.2, -0.15) is 0 Å². The average Bonchev–Trinajstić information content (AvgIpc) is 2.96. The summed E-state index contributed by atoms with van der Waals surface area (Å²) >= 11 is 6.41. The zero-order valence-corrected chi connectivity index (χ0v) is 12.1. The van der Waals surface area contributed by atoms with E-state index in [1.165, 1.54) is 19.3 Å². The minimum atomic E-state index is 0.830. The highest BCUT2D eigenvalue weighted by Gasteiger charge is 2.22. The van der Waals surface area contributed by atoms with Crippen molar-refractivity contribution in [3.63, 3.8) is 0 Å². The SMILES string of the molecule is CC1CCCC1CNCc1[nH]c2ccccc2c1Cl. The van der Waals surface area contributed by atoms with Gasteiger partial charge in [0.25, 0.3) is 0 Å². The predicted octanol–water partition coefficient (Wildman–Crippen LogP) is 4.35. The van der Waals surface area contributed by atoms with E-state index in [0.29, 0.717) is 0 Å². The molecular weight excluding hydrogens is 256 g/mol. The summed E-state index contributed by atoms with van der Waals surface area (Å²) in [6.45, 7) is 4.30. The number of para-hydroxylation sites is 1. The van der Waals surface area contributed by atoms with E-state index >= 15 is 0 Å². The Morgan fingerprint density at radius 2 is 2.16 bits per heavy atom. The lowest BCUT2D eigenvalue weighted by molar-refractivity contribution is 0.391. The third-order valence-corrected chi connectivity index (χ3v) is 4.89. The van der Waals surface area contributed by atoms with Crippen LogP contribution in [0.4, 0.5) is 0 Å². The molecule has 0 aliphatic heterocycles. The van der Waals surface area contributed by atoms with Gasteiger partial charge in [-0.1, -0.05) is 49.6 Å². The van der Waals surface area contributed by atoms with Crippen LogP contribution in [0, 0.1) is 11.8 Å². The monoisotopic (exact) mass is 276 g/mol. The molecule has 102 valence electrons. The van der Waals surface area contributed by atoms with Crippen LogP contribution in [0.25, 0.3) is 10.9 Å². The molecule has 1 aliphatic rings. The van der Waals surface area contributed by atoms with Crippen molar-refractivity contribution in [3.05, 3.63) is 35.0 Å². The second-order valence-electron chi connectivity index (χ2n) is 5.76. The molecular formula is C16H21ClN2. The first-order chi connectivity index (χ1) is 9.25. The third-order valence-electron chi connectivity index (χ3n) is 4.46. The maximum absolute atomic E-state index is 6.41. The topological polar surface area (TPSA) is 27.8 Å². The zero-order chi connectivity index (χ0) is 13.2. The highest BCUT2D eigenvalue weighted by molar-refractivity contribution is 6.36. The van der Waals surface area contributed by atoms with Crippen LogP contribution in [0.3, 0.4) is 0 Å². The number of aromatic amines is 1. The van der Waals surface area contributed by atoms with Crippen molar-refractivity contribution in [2.24, 2.45) is 11.8 Å². The molecule has 0 bridgehead atoms. The van der Waals surface area contributed by atoms with E-state index in [1.54, 1.807) is 0 Å². The molecule has 1 aromatic carbocycles. The highest BCUT2D eigenvalue weighted by Crippen LogP contribution is 2.31. The molecule has 0 spiro atoms. The van der Waals surface area contributed by atoms with Gasteiger partial charge in [-0.25, -0.2) is 0 Å². The van der Waals surface area contributed by atoms with Crippen LogP contribution in [-0.4, -0.2) is 11.5 Å². The molecule has 1 aromatic heterocycles. The largest absolute Gasteiger partial charge is 0.356 e. The lowest BCUT2D eigenvalue weighted by Gasteiger charge is -2.15. The van der Waals surface area contributed by atoms with Crippen molar-refractivity contribution >= 4 is 22.5 Å². The van der Waals surface area contributed by atoms with Crippen molar-refractivity contribution in [2.75, 3.05) is 6.54 Å². The van der Waals surface area contributed by atoms with E-state index in [-0.39, 0.29) is 0 Å². The number of aromatic nitrogens is 1. The summed E-state index contributed by atoms with van der Waals surface area (Å²) in [6.07, 6.45) is 4.15. The van der Waals surface area contributed by atoms with Crippen molar-refractivity contribution in [1.82, 2.24) is 10.3 Å². The lowest BCUT2D eigenvalue weighted by Crippen LogP contribution is -2.24. The molecule has 1 heterocycles. The Morgan fingerprint density at radius 3 is 2.89 bits per heavy atom. The smallest absolute Gasteiger partial charge is 0.0705 e. The van der Waals surface area contributed by atoms with Crippen LogP contribution < -0.4 is 5.32 Å². The Morgan fingerprint density at radius 1 is 1.32 bits per heavy atom. The highest BCUT2D eigenvalue weighted by atomic mass is 35.5. The second-order valence-corrected chi connectivity index (χ2v) is 6.14. The fraction of sp³-hybridized carbons (Fsp3) is 0.500. The van der Waals surface area contributed by atoms with Gasteiger partial charge >= 0.3 is 0 Å². The third kappa shape index (κ3) is 2.65. The molecule has 0 saturated heterocycles. The second kappa shape index (κ2) is 5.56. The molecule has 19 heavy (non-hydrogen) atoms. The van der Waals surface area contributed by atoms with Gasteiger partial charge < -0.3 is 10.3 Å². The summed E-state index contributed by atoms with van der Waals surface area (Å²) in [4.78, 5) is 3.41. The quantitative estimate of drug-likeness (QED) is 0.854. The predicted molar refractivity (Wildman–Crippen MR) is 81.5 cm³/mol. The first-order valence-corrected chi connectivity index (χ1v) is 7.59. The van der Waals surface area contributed by atoms with Gasteiger partial charge in [-0.15, -0.1) is 0 Å². The maximum atomic E-state index is 6.41. The van der Waals surface area contributed by atoms with E-state index < -0.39 is 0 Å². The van der Waals surface area contributed by atoms with Crippen molar-refractivity contribution in [3.8, 4) is 0 Å². The molecule has 0 radical (unpaired) electrons. The minimum absolute atomic E-state index is 0.830. The first kappa shape index (κ1) is 13.0. The Labute approximate surface area is 119 Å². The van der Waals surface area contributed by atoms with Crippen LogP contribution in [0.2, 0.25) is 5.02 Å². The van der Waals surface area contributed by atoms with Gasteiger partial charge in [0, 0.05) is 23.1 Å². The number of hydrogen-bond donors (Lipinski definition) is 2. The van der Waals surface area contributed by atoms with Crippen molar-refractivity contribution in [2.45, 2.75) is 32.7 Å². The molecule has 3 heteroatoms. The van der Waals surface area contributed by atoms with Gasteiger partial charge in [0.1, 0.15) is 0 Å². The number of rotatable bonds is 4. The van der Waals surface area contributed by atoms with Crippen molar-refractivity contribution < 1.29 is 0 Å². The molecule has 1 aliphatic carbocycles. The number of hydrogen-bond acceptors (Lipinski definition) is 1. The summed E-state index contributed by atoms with van der Waals surface area (Å²) in [5.74, 6) is 1.70. The lowest BCUT2D eigenvalue weighted by atomic mass is 9.98. The maximum Gasteiger partial charge on any atom is 0.0705 e. The van der Waals surface area contributed by atoms with Gasteiger partial charge in [0.2, 0.25) is 0 Å². The fourth-order valence-electron chi connectivity index (χ4n) is 3.19. The van der Waals surface area contributed by atoms with Crippen LogP contribution in [-0.2, 0) is 6.54 Å². The van der Waals surface area contributed by atoms with E-state index in [1.807, 2.05) is 12.1 Å². The molecule has 1 saturated carbocycles. The molecule has 3 rings (SSSR count). The van der Waals surface area contributed by atoms with Crippen molar-refractivity contribution in [1.29, 1.82) is 0 Å². The molecule has 2 nitrogen and oxygen atoms in total. The van der Waals surface area contributed by atoms with E-state index in [2.05, 4.69) is 29.4 Å². The van der Waals surface area contributed by atoms with Crippen LogP contribution in [0.1, 0.15) is 31.9 Å². The van der Waals surface area contributed by atoms with Gasteiger partial charge in [-0.3, -0.25) is 0 Å². The number of halogens is 1. The van der Waals surface area contributed by atoms with Gasteiger partial charge in [-0.05, 0) is 30.9 Å².